The van der Waals surface area contributed by atoms with Gasteiger partial charge in [0.25, 0.3) is 5.91 Å². The monoisotopic (exact) mass is 178 g/mol. The minimum absolute atomic E-state index is 0.135. The Kier molecular flexibility index (Phi) is 2.56. The second-order valence-electron chi connectivity index (χ2n) is 3.12. The van der Waals surface area contributed by atoms with E-state index in [1.54, 1.807) is 13.1 Å². The third-order valence-corrected chi connectivity index (χ3v) is 2.00. The Bertz CT molecular complexity index is 345. The average molecular weight is 178 g/mol. The number of amides is 1. The van der Waals surface area contributed by atoms with Gasteiger partial charge in [0.1, 0.15) is 0 Å². The number of anilines is 1. The molecule has 0 fully saturated rings. The van der Waals surface area contributed by atoms with Crippen molar-refractivity contribution in [1.29, 1.82) is 0 Å². The Morgan fingerprint density at radius 3 is 2.54 bits per heavy atom. The number of hydrogen-bond acceptors (Lipinski definition) is 2. The predicted octanol–water partition coefficient (Wildman–Crippen LogP) is 1.25. The first-order chi connectivity index (χ1) is 6.06. The van der Waals surface area contributed by atoms with Crippen LogP contribution < -0.4 is 11.1 Å². The molecule has 3 nitrogen and oxygen atoms in total. The van der Waals surface area contributed by atoms with E-state index in [0.717, 1.165) is 11.1 Å². The predicted molar refractivity (Wildman–Crippen MR) is 53.7 cm³/mol. The molecule has 1 aromatic carbocycles. The number of aryl methyl sites for hydroxylation is 2. The Balaban J connectivity index is 3.28. The standard InChI is InChI=1S/C10H14N2O/c1-6-4-7(2)9(11)8(5-6)10(13)12-3/h4-5H,11H2,1-3H3,(H,12,13). The van der Waals surface area contributed by atoms with Gasteiger partial charge in [-0.15, -0.1) is 0 Å². The van der Waals surface area contributed by atoms with Crippen LogP contribution in [0.5, 0.6) is 0 Å². The molecule has 0 aromatic heterocycles. The van der Waals surface area contributed by atoms with Crippen molar-refractivity contribution in [3.63, 3.8) is 0 Å². The highest BCUT2D eigenvalue weighted by Gasteiger charge is 2.09. The fourth-order valence-electron chi connectivity index (χ4n) is 1.30. The molecule has 0 aliphatic heterocycles. The van der Waals surface area contributed by atoms with Gasteiger partial charge in [-0.2, -0.15) is 0 Å². The smallest absolute Gasteiger partial charge is 0.253 e. The lowest BCUT2D eigenvalue weighted by Gasteiger charge is -2.08. The molecule has 1 amide bonds. The molecule has 0 aliphatic carbocycles. The summed E-state index contributed by atoms with van der Waals surface area (Å²) < 4.78 is 0. The molecule has 0 heterocycles. The summed E-state index contributed by atoms with van der Waals surface area (Å²) >= 11 is 0. The maximum absolute atomic E-state index is 11.3. The summed E-state index contributed by atoms with van der Waals surface area (Å²) in [7, 11) is 1.60. The zero-order valence-electron chi connectivity index (χ0n) is 8.14. The normalized spacial score (nSPS) is 9.77. The fraction of sp³-hybridized carbons (Fsp3) is 0.300. The molecule has 0 atom stereocenters. The van der Waals surface area contributed by atoms with Crippen LogP contribution in [-0.2, 0) is 0 Å². The summed E-state index contributed by atoms with van der Waals surface area (Å²) in [5, 5.41) is 2.56. The SMILES string of the molecule is CNC(=O)c1cc(C)cc(C)c1N. The Labute approximate surface area is 77.9 Å². The Morgan fingerprint density at radius 2 is 2.00 bits per heavy atom. The molecule has 13 heavy (non-hydrogen) atoms. The van der Waals surface area contributed by atoms with E-state index in [2.05, 4.69) is 5.32 Å². The van der Waals surface area contributed by atoms with Crippen molar-refractivity contribution in [3.05, 3.63) is 28.8 Å². The van der Waals surface area contributed by atoms with Crippen LogP contribution in [0.1, 0.15) is 21.5 Å². The van der Waals surface area contributed by atoms with E-state index in [-0.39, 0.29) is 5.91 Å². The van der Waals surface area contributed by atoms with Crippen molar-refractivity contribution in [1.82, 2.24) is 5.32 Å². The minimum atomic E-state index is -0.135. The highest BCUT2D eigenvalue weighted by molar-refractivity contribution is 5.99. The quantitative estimate of drug-likeness (QED) is 0.636. The first-order valence-corrected chi connectivity index (χ1v) is 4.15. The van der Waals surface area contributed by atoms with E-state index >= 15 is 0 Å². The van der Waals surface area contributed by atoms with Crippen LogP contribution in [0.4, 0.5) is 5.69 Å². The first kappa shape index (κ1) is 9.58. The highest BCUT2D eigenvalue weighted by atomic mass is 16.1. The van der Waals surface area contributed by atoms with Crippen molar-refractivity contribution >= 4 is 11.6 Å². The molecule has 70 valence electrons. The summed E-state index contributed by atoms with van der Waals surface area (Å²) in [6.45, 7) is 3.84. The lowest BCUT2D eigenvalue weighted by Crippen LogP contribution is -2.19. The van der Waals surface area contributed by atoms with E-state index in [9.17, 15) is 4.79 Å². The van der Waals surface area contributed by atoms with Crippen LogP contribution in [0.25, 0.3) is 0 Å². The third-order valence-electron chi connectivity index (χ3n) is 2.00. The van der Waals surface area contributed by atoms with E-state index in [0.29, 0.717) is 11.3 Å². The number of nitrogens with two attached hydrogens (primary N) is 1. The molecule has 0 radical (unpaired) electrons. The van der Waals surface area contributed by atoms with Crippen molar-refractivity contribution in [2.75, 3.05) is 12.8 Å². The molecular formula is C10H14N2O. The topological polar surface area (TPSA) is 55.1 Å². The maximum atomic E-state index is 11.3. The van der Waals surface area contributed by atoms with Gasteiger partial charge in [0, 0.05) is 12.7 Å². The summed E-state index contributed by atoms with van der Waals surface area (Å²) in [5.74, 6) is -0.135. The molecule has 3 N–H and O–H groups in total. The number of nitrogen functional groups attached to an aromatic ring is 1. The van der Waals surface area contributed by atoms with E-state index < -0.39 is 0 Å². The Morgan fingerprint density at radius 1 is 1.38 bits per heavy atom. The molecule has 3 heteroatoms. The molecule has 0 spiro atoms. The van der Waals surface area contributed by atoms with Gasteiger partial charge in [-0.05, 0) is 31.0 Å². The van der Waals surface area contributed by atoms with E-state index in [1.807, 2.05) is 19.9 Å². The molecule has 1 rings (SSSR count). The number of carbonyl (C=O) groups excluding carboxylic acids is 1. The second kappa shape index (κ2) is 3.47. The number of nitrogens with one attached hydrogen (secondary N) is 1. The van der Waals surface area contributed by atoms with Gasteiger partial charge in [-0.25, -0.2) is 0 Å². The zero-order valence-corrected chi connectivity index (χ0v) is 8.14. The first-order valence-electron chi connectivity index (χ1n) is 4.15. The summed E-state index contributed by atoms with van der Waals surface area (Å²) in [6.07, 6.45) is 0. The minimum Gasteiger partial charge on any atom is -0.398 e. The van der Waals surface area contributed by atoms with Gasteiger partial charge in [0.2, 0.25) is 0 Å². The van der Waals surface area contributed by atoms with Gasteiger partial charge in [0.15, 0.2) is 0 Å². The van der Waals surface area contributed by atoms with Gasteiger partial charge in [-0.3, -0.25) is 4.79 Å². The lowest BCUT2D eigenvalue weighted by atomic mass is 10.0. The van der Waals surface area contributed by atoms with E-state index in [1.165, 1.54) is 0 Å². The van der Waals surface area contributed by atoms with Crippen LogP contribution in [0.2, 0.25) is 0 Å². The van der Waals surface area contributed by atoms with Gasteiger partial charge >= 0.3 is 0 Å². The average Bonchev–Trinajstić information content (AvgIpc) is 2.10. The molecular weight excluding hydrogens is 164 g/mol. The molecule has 0 saturated carbocycles. The van der Waals surface area contributed by atoms with Crippen LogP contribution in [0.3, 0.4) is 0 Å². The fourth-order valence-corrected chi connectivity index (χ4v) is 1.30. The van der Waals surface area contributed by atoms with Crippen molar-refractivity contribution in [2.24, 2.45) is 0 Å². The summed E-state index contributed by atoms with van der Waals surface area (Å²) in [4.78, 5) is 11.3. The van der Waals surface area contributed by atoms with Crippen molar-refractivity contribution in [3.8, 4) is 0 Å². The zero-order chi connectivity index (χ0) is 10.0. The molecule has 1 aromatic rings. The van der Waals surface area contributed by atoms with Gasteiger partial charge < -0.3 is 11.1 Å². The van der Waals surface area contributed by atoms with Crippen LogP contribution in [0, 0.1) is 13.8 Å². The number of benzene rings is 1. The van der Waals surface area contributed by atoms with Crippen LogP contribution in [0.15, 0.2) is 12.1 Å². The number of rotatable bonds is 1. The van der Waals surface area contributed by atoms with Crippen LogP contribution in [-0.4, -0.2) is 13.0 Å². The maximum Gasteiger partial charge on any atom is 0.253 e. The number of carbonyl (C=O) groups is 1. The van der Waals surface area contributed by atoms with Gasteiger partial charge in [0.05, 0.1) is 5.56 Å². The van der Waals surface area contributed by atoms with Gasteiger partial charge in [-0.1, -0.05) is 6.07 Å². The van der Waals surface area contributed by atoms with Crippen LogP contribution >= 0.6 is 0 Å². The number of hydrogen-bond donors (Lipinski definition) is 2. The lowest BCUT2D eigenvalue weighted by molar-refractivity contribution is 0.0964. The summed E-state index contributed by atoms with van der Waals surface area (Å²) in [6, 6.07) is 3.75. The highest BCUT2D eigenvalue weighted by Crippen LogP contribution is 2.18. The molecule has 0 aliphatic rings. The van der Waals surface area contributed by atoms with Crippen molar-refractivity contribution in [2.45, 2.75) is 13.8 Å². The third kappa shape index (κ3) is 1.80. The molecule has 0 unspecified atom stereocenters. The summed E-state index contributed by atoms with van der Waals surface area (Å²) in [5.41, 5.74) is 8.87. The molecule has 0 bridgehead atoms. The van der Waals surface area contributed by atoms with E-state index in [4.69, 9.17) is 5.73 Å². The largest absolute Gasteiger partial charge is 0.398 e. The Hall–Kier alpha value is -1.51. The second-order valence-corrected chi connectivity index (χ2v) is 3.12. The van der Waals surface area contributed by atoms with Crippen molar-refractivity contribution < 1.29 is 4.79 Å². The molecule has 0 saturated heterocycles.